The summed E-state index contributed by atoms with van der Waals surface area (Å²) in [5.41, 5.74) is 4.90. The fourth-order valence-corrected chi connectivity index (χ4v) is 10.6. The number of carbonyl (C=O) groups is 1. The van der Waals surface area contributed by atoms with Crippen LogP contribution in [0.4, 0.5) is 0 Å². The number of hydrogen-bond acceptors (Lipinski definition) is 1. The minimum Gasteiger partial charge on any atom is -0.347 e. The zero-order chi connectivity index (χ0) is 25.4. The van der Waals surface area contributed by atoms with Gasteiger partial charge in [-0.25, -0.2) is 0 Å². The first-order valence-corrected chi connectivity index (χ1v) is 15.2. The van der Waals surface area contributed by atoms with Gasteiger partial charge in [-0.1, -0.05) is 72.1 Å². The lowest BCUT2D eigenvalue weighted by molar-refractivity contribution is -0.150. The van der Waals surface area contributed by atoms with E-state index in [2.05, 4.69) is 70.5 Å². The van der Waals surface area contributed by atoms with E-state index >= 15 is 0 Å². The number of Topliss-reactive ketones (excluding diaryl/α,β-unsaturated/α-hetero) is 1. The van der Waals surface area contributed by atoms with Gasteiger partial charge in [-0.15, -0.1) is 0 Å². The highest BCUT2D eigenvalue weighted by Crippen LogP contribution is 2.67. The van der Waals surface area contributed by atoms with Crippen LogP contribution >= 0.6 is 0 Å². The van der Waals surface area contributed by atoms with Crippen LogP contribution in [-0.4, -0.2) is 10.4 Å². The number of hydrogen-bond donors (Lipinski definition) is 0. The van der Waals surface area contributed by atoms with Gasteiger partial charge >= 0.3 is 0 Å². The van der Waals surface area contributed by atoms with Gasteiger partial charge in [-0.3, -0.25) is 4.79 Å². The first-order valence-electron chi connectivity index (χ1n) is 15.2. The van der Waals surface area contributed by atoms with E-state index in [1.165, 1.54) is 61.5 Å². The highest BCUT2D eigenvalue weighted by Gasteiger charge is 2.62. The van der Waals surface area contributed by atoms with E-state index < -0.39 is 0 Å². The number of fused-ring (bicyclic) bond motifs is 8. The van der Waals surface area contributed by atoms with Gasteiger partial charge in [-0.2, -0.15) is 0 Å². The molecule has 0 aliphatic heterocycles. The average Bonchev–Trinajstić information content (AvgIpc) is 3.32. The third-order valence-electron chi connectivity index (χ3n) is 12.4. The molecule has 1 aromatic heterocycles. The quantitative estimate of drug-likeness (QED) is 0.415. The second kappa shape index (κ2) is 8.74. The molecule has 36 heavy (non-hydrogen) atoms. The maximum Gasteiger partial charge on any atom is 0.137 e. The second-order valence-electron chi connectivity index (χ2n) is 14.5. The lowest BCUT2D eigenvalue weighted by atomic mass is 9.44. The number of aromatic nitrogens is 1. The molecule has 0 saturated heterocycles. The van der Waals surface area contributed by atoms with Gasteiger partial charge in [0, 0.05) is 36.0 Å². The summed E-state index contributed by atoms with van der Waals surface area (Å²) >= 11 is 0. The number of aryl methyl sites for hydroxylation is 1. The van der Waals surface area contributed by atoms with Crippen LogP contribution in [-0.2, 0) is 24.7 Å². The van der Waals surface area contributed by atoms with Gasteiger partial charge in [0.05, 0.1) is 0 Å². The molecule has 0 spiro atoms. The van der Waals surface area contributed by atoms with Gasteiger partial charge in [0.2, 0.25) is 0 Å². The maximum absolute atomic E-state index is 13.9. The molecule has 196 valence electrons. The molecule has 2 nitrogen and oxygen atoms in total. The summed E-state index contributed by atoms with van der Waals surface area (Å²) in [5.74, 6) is 5.38. The molecular formula is C34H49NO. The molecule has 8 unspecified atom stereocenters. The van der Waals surface area contributed by atoms with E-state index in [1.807, 2.05) is 0 Å². The van der Waals surface area contributed by atoms with Crippen molar-refractivity contribution in [1.29, 1.82) is 0 Å². The topological polar surface area (TPSA) is 22.0 Å². The van der Waals surface area contributed by atoms with E-state index in [9.17, 15) is 4.79 Å². The Hall–Kier alpha value is -1.57. The summed E-state index contributed by atoms with van der Waals surface area (Å²) in [5, 5.41) is 1.43. The first kappa shape index (κ1) is 24.7. The number of rotatable bonds is 5. The molecule has 0 radical (unpaired) electrons. The van der Waals surface area contributed by atoms with Gasteiger partial charge in [0.1, 0.15) is 5.78 Å². The van der Waals surface area contributed by atoms with Crippen molar-refractivity contribution in [3.05, 3.63) is 35.5 Å². The Balaban J connectivity index is 1.29. The normalized spacial score (nSPS) is 38.5. The third-order valence-corrected chi connectivity index (χ3v) is 12.4. The highest BCUT2D eigenvalue weighted by atomic mass is 16.1. The Kier molecular flexibility index (Phi) is 6.01. The smallest absolute Gasteiger partial charge is 0.137 e. The van der Waals surface area contributed by atoms with Crippen LogP contribution in [0.15, 0.2) is 24.3 Å². The largest absolute Gasteiger partial charge is 0.347 e. The van der Waals surface area contributed by atoms with Crippen LogP contribution < -0.4 is 0 Å². The molecule has 1 aromatic carbocycles. The molecule has 3 fully saturated rings. The maximum atomic E-state index is 13.9. The Morgan fingerprint density at radius 1 is 0.972 bits per heavy atom. The van der Waals surface area contributed by atoms with Crippen molar-refractivity contribution < 1.29 is 4.79 Å². The lowest BCUT2D eigenvalue weighted by Gasteiger charge is -2.60. The highest BCUT2D eigenvalue weighted by molar-refractivity contribution is 5.88. The first-order chi connectivity index (χ1) is 17.1. The van der Waals surface area contributed by atoms with Crippen molar-refractivity contribution in [2.75, 3.05) is 0 Å². The molecule has 4 aliphatic carbocycles. The van der Waals surface area contributed by atoms with Crippen LogP contribution in [0.25, 0.3) is 10.9 Å². The van der Waals surface area contributed by atoms with Crippen molar-refractivity contribution in [3.63, 3.8) is 0 Å². The fraction of sp³-hybridized carbons (Fsp3) is 0.735. The molecule has 2 heteroatoms. The Labute approximate surface area is 219 Å². The van der Waals surface area contributed by atoms with Crippen LogP contribution in [0, 0.1) is 52.3 Å². The molecule has 0 bridgehead atoms. The van der Waals surface area contributed by atoms with Gasteiger partial charge in [0.15, 0.2) is 0 Å². The van der Waals surface area contributed by atoms with E-state index in [0.29, 0.717) is 23.0 Å². The summed E-state index contributed by atoms with van der Waals surface area (Å²) < 4.78 is 2.39. The van der Waals surface area contributed by atoms with Crippen molar-refractivity contribution in [2.24, 2.45) is 59.3 Å². The molecule has 3 saturated carbocycles. The average molecular weight is 488 g/mol. The fourth-order valence-electron chi connectivity index (χ4n) is 10.6. The molecule has 6 rings (SSSR count). The predicted octanol–water partition coefficient (Wildman–Crippen LogP) is 8.39. The molecule has 1 heterocycles. The minimum atomic E-state index is 0.124. The number of ketones is 1. The molecule has 2 aromatic rings. The predicted molar refractivity (Wildman–Crippen MR) is 150 cm³/mol. The van der Waals surface area contributed by atoms with E-state index in [-0.39, 0.29) is 11.3 Å². The Morgan fingerprint density at radius 3 is 2.50 bits per heavy atom. The van der Waals surface area contributed by atoms with Crippen LogP contribution in [0.2, 0.25) is 0 Å². The van der Waals surface area contributed by atoms with E-state index in [1.54, 1.807) is 5.56 Å². The number of carbonyl (C=O) groups excluding carboxylic acids is 1. The number of nitrogens with zero attached hydrogens (tertiary/aromatic N) is 1. The summed E-state index contributed by atoms with van der Waals surface area (Å²) in [4.78, 5) is 13.9. The summed E-state index contributed by atoms with van der Waals surface area (Å²) in [6.07, 6.45) is 12.5. The zero-order valence-electron chi connectivity index (χ0n) is 23.8. The molecule has 8 atom stereocenters. The molecule has 0 amide bonds. The molecule has 4 aliphatic rings. The summed E-state index contributed by atoms with van der Waals surface area (Å²) in [7, 11) is 2.22. The molecule has 0 N–H and O–H groups in total. The lowest BCUT2D eigenvalue weighted by Crippen LogP contribution is -2.57. The van der Waals surface area contributed by atoms with E-state index in [0.717, 1.165) is 42.9 Å². The SMILES string of the molecule is CC(C)CCCC(C)C1CCC2C3CC(=O)C4Cc5c(c6ccccc6n5C)CC4(C)C3CCC12C. The van der Waals surface area contributed by atoms with E-state index in [4.69, 9.17) is 0 Å². The monoisotopic (exact) mass is 487 g/mol. The zero-order valence-corrected chi connectivity index (χ0v) is 23.8. The van der Waals surface area contributed by atoms with Crippen molar-refractivity contribution >= 4 is 16.7 Å². The second-order valence-corrected chi connectivity index (χ2v) is 14.5. The molecular weight excluding hydrogens is 438 g/mol. The number of benzene rings is 1. The van der Waals surface area contributed by atoms with Crippen LogP contribution in [0.3, 0.4) is 0 Å². The van der Waals surface area contributed by atoms with Gasteiger partial charge in [-0.05, 0) is 96.5 Å². The Bertz CT molecular complexity index is 1160. The number of para-hydroxylation sites is 1. The van der Waals surface area contributed by atoms with Crippen molar-refractivity contribution in [2.45, 2.75) is 98.8 Å². The van der Waals surface area contributed by atoms with Crippen molar-refractivity contribution in [1.82, 2.24) is 4.57 Å². The minimum absolute atomic E-state index is 0.124. The van der Waals surface area contributed by atoms with Crippen LogP contribution in [0.5, 0.6) is 0 Å². The van der Waals surface area contributed by atoms with Gasteiger partial charge < -0.3 is 4.57 Å². The summed E-state index contributed by atoms with van der Waals surface area (Å²) in [6, 6.07) is 8.93. The Morgan fingerprint density at radius 2 is 1.72 bits per heavy atom. The third kappa shape index (κ3) is 3.52. The van der Waals surface area contributed by atoms with Crippen LogP contribution in [0.1, 0.15) is 97.2 Å². The van der Waals surface area contributed by atoms with Gasteiger partial charge in [0.25, 0.3) is 0 Å². The summed E-state index contributed by atoms with van der Waals surface area (Å²) in [6.45, 7) is 12.4. The van der Waals surface area contributed by atoms with Crippen molar-refractivity contribution in [3.8, 4) is 0 Å². The standard InChI is InChI=1S/C34H49NO/c1-21(2)10-9-11-22(3)26-14-15-27-24-18-32(36)29-19-31-25(23-12-7-8-13-30(23)35(31)6)20-34(29,5)28(24)16-17-33(26,27)4/h7-8,12-13,21-22,24,26-29H,9-11,14-20H2,1-6H3.